The van der Waals surface area contributed by atoms with E-state index in [1.165, 1.54) is 5.56 Å². The normalized spacial score (nSPS) is 13.2. The molecule has 0 aliphatic carbocycles. The number of halogens is 3. The van der Waals surface area contributed by atoms with E-state index in [2.05, 4.69) is 54.0 Å². The molecule has 0 spiro atoms. The van der Waals surface area contributed by atoms with Crippen LogP contribution in [0.4, 0.5) is 8.78 Å². The zero-order valence-electron chi connectivity index (χ0n) is 11.4. The highest BCUT2D eigenvalue weighted by molar-refractivity contribution is 9.09. The van der Waals surface area contributed by atoms with Gasteiger partial charge in [0.25, 0.3) is 6.43 Å². The summed E-state index contributed by atoms with van der Waals surface area (Å²) >= 11 is 3.56. The second-order valence-electron chi connectivity index (χ2n) is 5.06. The average Bonchev–Trinajstić information content (AvgIpc) is 2.34. The Morgan fingerprint density at radius 3 is 2.32 bits per heavy atom. The van der Waals surface area contributed by atoms with E-state index < -0.39 is 13.0 Å². The third kappa shape index (κ3) is 7.02. The molecule has 19 heavy (non-hydrogen) atoms. The summed E-state index contributed by atoms with van der Waals surface area (Å²) < 4.78 is 28.7. The van der Waals surface area contributed by atoms with Crippen molar-refractivity contribution < 1.29 is 13.5 Å². The molecule has 0 fully saturated rings. The lowest BCUT2D eigenvalue weighted by Crippen LogP contribution is -2.06. The predicted octanol–water partition coefficient (Wildman–Crippen LogP) is 4.99. The summed E-state index contributed by atoms with van der Waals surface area (Å²) in [5, 5.41) is 0. The molecule has 0 N–H and O–H groups in total. The summed E-state index contributed by atoms with van der Waals surface area (Å²) in [5.41, 5.74) is 2.49. The summed E-state index contributed by atoms with van der Waals surface area (Å²) in [6, 6.07) is 8.43. The molecule has 0 aromatic heterocycles. The van der Waals surface area contributed by atoms with Gasteiger partial charge in [-0.25, -0.2) is 8.78 Å². The van der Waals surface area contributed by atoms with Gasteiger partial charge in [-0.3, -0.25) is 0 Å². The van der Waals surface area contributed by atoms with E-state index in [0.717, 1.165) is 12.0 Å². The zero-order valence-corrected chi connectivity index (χ0v) is 13.0. The zero-order chi connectivity index (χ0) is 14.3. The molecule has 1 aromatic carbocycles. The van der Waals surface area contributed by atoms with Crippen molar-refractivity contribution in [3.05, 3.63) is 35.4 Å². The highest BCUT2D eigenvalue weighted by atomic mass is 79.9. The fraction of sp³-hybridized carbons (Fsp3) is 0.600. The van der Waals surface area contributed by atoms with Gasteiger partial charge in [0.05, 0.1) is 0 Å². The lowest BCUT2D eigenvalue weighted by atomic mass is 10.0. The highest BCUT2D eigenvalue weighted by Gasteiger charge is 2.09. The van der Waals surface area contributed by atoms with Gasteiger partial charge in [0.2, 0.25) is 0 Å². The average molecular weight is 335 g/mol. The fourth-order valence-corrected chi connectivity index (χ4v) is 2.35. The van der Waals surface area contributed by atoms with Gasteiger partial charge in [0.1, 0.15) is 6.61 Å². The van der Waals surface area contributed by atoms with Crippen molar-refractivity contribution in [2.24, 2.45) is 5.92 Å². The first-order valence-electron chi connectivity index (χ1n) is 6.58. The van der Waals surface area contributed by atoms with Crippen LogP contribution in [0.15, 0.2) is 24.3 Å². The van der Waals surface area contributed by atoms with Crippen LogP contribution in [0.1, 0.15) is 36.2 Å². The van der Waals surface area contributed by atoms with E-state index in [9.17, 15) is 8.78 Å². The second kappa shape index (κ2) is 8.64. The largest absolute Gasteiger partial charge is 0.375 e. The Hall–Kier alpha value is -0.480. The minimum atomic E-state index is -2.39. The van der Waals surface area contributed by atoms with Gasteiger partial charge < -0.3 is 4.74 Å². The van der Waals surface area contributed by atoms with Crippen LogP contribution in [0.2, 0.25) is 0 Å². The van der Waals surface area contributed by atoms with Crippen molar-refractivity contribution in [2.75, 3.05) is 13.2 Å². The van der Waals surface area contributed by atoms with Crippen LogP contribution in [-0.4, -0.2) is 19.6 Å². The molecular weight excluding hydrogens is 314 g/mol. The molecule has 1 atom stereocenters. The molecular formula is C15H21BrF2O. The molecule has 1 nitrogen and oxygen atoms in total. The van der Waals surface area contributed by atoms with Crippen LogP contribution in [0.5, 0.6) is 0 Å². The molecule has 0 radical (unpaired) electrons. The molecule has 0 saturated heterocycles. The molecule has 4 heteroatoms. The summed E-state index contributed by atoms with van der Waals surface area (Å²) in [4.78, 5) is 0.151. The Kier molecular flexibility index (Phi) is 7.54. The molecule has 108 valence electrons. The number of benzene rings is 1. The number of hydrogen-bond acceptors (Lipinski definition) is 1. The van der Waals surface area contributed by atoms with E-state index in [-0.39, 0.29) is 4.83 Å². The third-order valence-electron chi connectivity index (χ3n) is 2.74. The lowest BCUT2D eigenvalue weighted by molar-refractivity contribution is 0.0167. The smallest absolute Gasteiger partial charge is 0.261 e. The molecule has 1 aromatic rings. The van der Waals surface area contributed by atoms with Crippen molar-refractivity contribution in [2.45, 2.75) is 37.9 Å². The summed E-state index contributed by atoms with van der Waals surface area (Å²) in [6.45, 7) is 4.25. The Balaban J connectivity index is 2.37. The number of alkyl halides is 3. The van der Waals surface area contributed by atoms with Gasteiger partial charge in [-0.15, -0.1) is 0 Å². The van der Waals surface area contributed by atoms with E-state index in [4.69, 9.17) is 4.74 Å². The SMILES string of the molecule is CC(C)Cc1ccc(C(Br)CCOCC(F)F)cc1. The van der Waals surface area contributed by atoms with Crippen LogP contribution >= 0.6 is 15.9 Å². The van der Waals surface area contributed by atoms with E-state index in [1.54, 1.807) is 0 Å². The Morgan fingerprint density at radius 1 is 1.16 bits per heavy atom. The molecule has 1 unspecified atom stereocenters. The van der Waals surface area contributed by atoms with Gasteiger partial charge in [0.15, 0.2) is 0 Å². The lowest BCUT2D eigenvalue weighted by Gasteiger charge is -2.12. The first-order valence-corrected chi connectivity index (χ1v) is 7.49. The molecule has 0 heterocycles. The minimum absolute atomic E-state index is 0.151. The van der Waals surface area contributed by atoms with Gasteiger partial charge in [0, 0.05) is 11.4 Å². The maximum absolute atomic E-state index is 11.9. The topological polar surface area (TPSA) is 9.23 Å². The molecule has 0 amide bonds. The quantitative estimate of drug-likeness (QED) is 0.480. The van der Waals surface area contributed by atoms with Gasteiger partial charge >= 0.3 is 0 Å². The molecule has 0 saturated carbocycles. The van der Waals surface area contributed by atoms with Gasteiger partial charge in [-0.05, 0) is 29.9 Å². The van der Waals surface area contributed by atoms with Crippen LogP contribution in [-0.2, 0) is 11.2 Å². The Morgan fingerprint density at radius 2 is 1.79 bits per heavy atom. The standard InChI is InChI=1S/C15H21BrF2O/c1-11(2)9-12-3-5-13(6-4-12)14(16)7-8-19-10-15(17)18/h3-6,11,14-15H,7-10H2,1-2H3. The maximum atomic E-state index is 11.9. The molecule has 0 bridgehead atoms. The first kappa shape index (κ1) is 16.6. The second-order valence-corrected chi connectivity index (χ2v) is 6.17. The van der Waals surface area contributed by atoms with Crippen molar-refractivity contribution in [1.29, 1.82) is 0 Å². The van der Waals surface area contributed by atoms with Crippen molar-refractivity contribution in [3.8, 4) is 0 Å². The van der Waals surface area contributed by atoms with Crippen LogP contribution in [0.25, 0.3) is 0 Å². The van der Waals surface area contributed by atoms with Gasteiger partial charge in [-0.1, -0.05) is 54.0 Å². The summed E-state index contributed by atoms with van der Waals surface area (Å²) in [5.74, 6) is 0.647. The van der Waals surface area contributed by atoms with Crippen LogP contribution in [0, 0.1) is 5.92 Å². The predicted molar refractivity (Wildman–Crippen MR) is 78.1 cm³/mol. The van der Waals surface area contributed by atoms with Crippen LogP contribution < -0.4 is 0 Å². The number of ether oxygens (including phenoxy) is 1. The minimum Gasteiger partial charge on any atom is -0.375 e. The Bertz CT molecular complexity index is 352. The number of hydrogen-bond donors (Lipinski definition) is 0. The number of rotatable bonds is 8. The van der Waals surface area contributed by atoms with Crippen molar-refractivity contribution in [3.63, 3.8) is 0 Å². The summed E-state index contributed by atoms with van der Waals surface area (Å²) in [7, 11) is 0. The van der Waals surface area contributed by atoms with Gasteiger partial charge in [-0.2, -0.15) is 0 Å². The third-order valence-corrected chi connectivity index (χ3v) is 3.73. The van der Waals surface area contributed by atoms with E-state index >= 15 is 0 Å². The molecule has 0 aliphatic heterocycles. The Labute approximate surface area is 122 Å². The van der Waals surface area contributed by atoms with E-state index in [1.807, 2.05) is 0 Å². The highest BCUT2D eigenvalue weighted by Crippen LogP contribution is 2.26. The van der Waals surface area contributed by atoms with Crippen molar-refractivity contribution >= 4 is 15.9 Å². The molecule has 0 aliphatic rings. The van der Waals surface area contributed by atoms with E-state index in [0.29, 0.717) is 18.9 Å². The summed E-state index contributed by atoms with van der Waals surface area (Å²) in [6.07, 6.45) is -0.620. The van der Waals surface area contributed by atoms with Crippen molar-refractivity contribution in [1.82, 2.24) is 0 Å². The molecule has 1 rings (SSSR count). The first-order chi connectivity index (χ1) is 8.99. The van der Waals surface area contributed by atoms with Crippen LogP contribution in [0.3, 0.4) is 0 Å². The monoisotopic (exact) mass is 334 g/mol. The fourth-order valence-electron chi connectivity index (χ4n) is 1.86. The maximum Gasteiger partial charge on any atom is 0.261 e.